The minimum Gasteiger partial charge on any atom is -0.418 e. The van der Waals surface area contributed by atoms with Gasteiger partial charge in [0.1, 0.15) is 0 Å². The fourth-order valence-electron chi connectivity index (χ4n) is 0.315. The average Bonchev–Trinajstić information content (AvgIpc) is 2.14. The van der Waals surface area contributed by atoms with E-state index in [9.17, 15) is 0 Å². The first-order valence-electron chi connectivity index (χ1n) is 1.78. The highest BCUT2D eigenvalue weighted by Gasteiger charge is 1.84. The molecule has 0 fully saturated rings. The summed E-state index contributed by atoms with van der Waals surface area (Å²) >= 11 is 5.11. The van der Waals surface area contributed by atoms with Crippen molar-refractivity contribution in [3.05, 3.63) is 17.5 Å². The third-order valence-corrected chi connectivity index (χ3v) is 1.65. The maximum Gasteiger partial charge on any atom is 0.190 e. The summed E-state index contributed by atoms with van der Waals surface area (Å²) in [5.74, 6) is 0. The molecule has 0 aliphatic rings. The van der Waals surface area contributed by atoms with E-state index in [1.165, 1.54) is 11.3 Å². The van der Waals surface area contributed by atoms with Gasteiger partial charge in [-0.05, 0) is 17.5 Å². The molecule has 1 heterocycles. The van der Waals surface area contributed by atoms with Gasteiger partial charge in [-0.15, -0.1) is 11.3 Å². The van der Waals surface area contributed by atoms with Crippen LogP contribution in [0.5, 0.6) is 5.06 Å². The second-order valence-electron chi connectivity index (χ2n) is 1.02. The molecule has 0 saturated carbocycles. The summed E-state index contributed by atoms with van der Waals surface area (Å²) in [6.45, 7) is 0. The Morgan fingerprint density at radius 1 is 1.71 bits per heavy atom. The molecule has 0 radical (unpaired) electrons. The van der Waals surface area contributed by atoms with Crippen molar-refractivity contribution in [2.75, 3.05) is 0 Å². The Kier molecular flexibility index (Phi) is 1.59. The van der Waals surface area contributed by atoms with Gasteiger partial charge in [-0.25, -0.2) is 0 Å². The minimum atomic E-state index is 0.836. The molecule has 0 saturated heterocycles. The maximum atomic E-state index is 4.57. The average molecular weight is 132 g/mol. The summed E-state index contributed by atoms with van der Waals surface area (Å²) in [6.07, 6.45) is 0. The number of hydrogen-bond donors (Lipinski definition) is 1. The van der Waals surface area contributed by atoms with Crippen LogP contribution in [0.15, 0.2) is 17.5 Å². The summed E-state index contributed by atoms with van der Waals surface area (Å²) in [5.41, 5.74) is 0. The summed E-state index contributed by atoms with van der Waals surface area (Å²) in [4.78, 5) is 0. The van der Waals surface area contributed by atoms with Crippen LogP contribution in [0.25, 0.3) is 0 Å². The Bertz CT molecular complexity index is 124. The van der Waals surface area contributed by atoms with Crippen molar-refractivity contribution >= 4 is 24.2 Å². The van der Waals surface area contributed by atoms with Crippen LogP contribution in [0.3, 0.4) is 0 Å². The third kappa shape index (κ3) is 1.11. The lowest BCUT2D eigenvalue weighted by atomic mass is 10.7. The molecule has 0 bridgehead atoms. The van der Waals surface area contributed by atoms with Gasteiger partial charge < -0.3 is 4.18 Å². The van der Waals surface area contributed by atoms with Crippen molar-refractivity contribution in [1.82, 2.24) is 0 Å². The van der Waals surface area contributed by atoms with E-state index in [-0.39, 0.29) is 0 Å². The van der Waals surface area contributed by atoms with Gasteiger partial charge in [0, 0.05) is 12.9 Å². The van der Waals surface area contributed by atoms with Gasteiger partial charge >= 0.3 is 0 Å². The lowest BCUT2D eigenvalue weighted by Crippen LogP contribution is -1.60. The highest BCUT2D eigenvalue weighted by Crippen LogP contribution is 2.18. The van der Waals surface area contributed by atoms with Gasteiger partial charge in [0.2, 0.25) is 0 Å². The highest BCUT2D eigenvalue weighted by molar-refractivity contribution is 7.75. The van der Waals surface area contributed by atoms with Gasteiger partial charge in [-0.1, -0.05) is 0 Å². The van der Waals surface area contributed by atoms with Crippen molar-refractivity contribution in [3.63, 3.8) is 0 Å². The van der Waals surface area contributed by atoms with E-state index in [0.717, 1.165) is 5.06 Å². The minimum absolute atomic E-state index is 0.836. The molecule has 0 amide bonds. The van der Waals surface area contributed by atoms with Crippen LogP contribution in [-0.4, -0.2) is 0 Å². The largest absolute Gasteiger partial charge is 0.418 e. The molecule has 1 aromatic heterocycles. The van der Waals surface area contributed by atoms with Crippen LogP contribution in [0.2, 0.25) is 0 Å². The Morgan fingerprint density at radius 3 is 2.86 bits per heavy atom. The molecule has 0 spiro atoms. The van der Waals surface area contributed by atoms with E-state index in [2.05, 4.69) is 17.1 Å². The zero-order valence-electron chi connectivity index (χ0n) is 3.50. The molecule has 0 aliphatic heterocycles. The lowest BCUT2D eigenvalue weighted by molar-refractivity contribution is 0.679. The van der Waals surface area contributed by atoms with E-state index < -0.39 is 0 Å². The smallest absolute Gasteiger partial charge is 0.190 e. The van der Waals surface area contributed by atoms with E-state index in [4.69, 9.17) is 0 Å². The van der Waals surface area contributed by atoms with Gasteiger partial charge in [0.25, 0.3) is 0 Å². The fourth-order valence-corrected chi connectivity index (χ4v) is 0.997. The molecular weight excluding hydrogens is 128 g/mol. The summed E-state index contributed by atoms with van der Waals surface area (Å²) in [5, 5.41) is 2.77. The molecule has 3 heteroatoms. The molecular formula is C4H4OS2. The molecule has 0 N–H and O–H groups in total. The molecule has 1 aromatic rings. The van der Waals surface area contributed by atoms with E-state index in [1.807, 2.05) is 17.5 Å². The van der Waals surface area contributed by atoms with Crippen LogP contribution < -0.4 is 4.18 Å². The predicted octanol–water partition coefficient (Wildman–Crippen LogP) is 1.97. The maximum absolute atomic E-state index is 4.57. The molecule has 0 aromatic carbocycles. The zero-order chi connectivity index (χ0) is 5.11. The third-order valence-electron chi connectivity index (χ3n) is 0.585. The van der Waals surface area contributed by atoms with E-state index >= 15 is 0 Å². The second kappa shape index (κ2) is 2.23. The van der Waals surface area contributed by atoms with Crippen LogP contribution in [0.4, 0.5) is 0 Å². The Morgan fingerprint density at radius 2 is 2.57 bits per heavy atom. The molecule has 38 valence electrons. The SMILES string of the molecule is SOc1cccs1. The van der Waals surface area contributed by atoms with Gasteiger partial charge in [0.15, 0.2) is 5.06 Å². The van der Waals surface area contributed by atoms with Crippen molar-refractivity contribution in [2.24, 2.45) is 0 Å². The topological polar surface area (TPSA) is 9.23 Å². The van der Waals surface area contributed by atoms with Crippen LogP contribution >= 0.6 is 24.2 Å². The van der Waals surface area contributed by atoms with Crippen LogP contribution in [0, 0.1) is 0 Å². The zero-order valence-corrected chi connectivity index (χ0v) is 5.21. The molecule has 0 unspecified atom stereocenters. The van der Waals surface area contributed by atoms with E-state index in [0.29, 0.717) is 0 Å². The standard InChI is InChI=1S/C4H4OS2/c6-5-4-2-1-3-7-4/h1-3,6H. The van der Waals surface area contributed by atoms with Crippen molar-refractivity contribution < 1.29 is 4.18 Å². The Hall–Kier alpha value is -0.150. The fraction of sp³-hybridized carbons (Fsp3) is 0. The van der Waals surface area contributed by atoms with Crippen LogP contribution in [-0.2, 0) is 0 Å². The monoisotopic (exact) mass is 132 g/mol. The van der Waals surface area contributed by atoms with E-state index in [1.54, 1.807) is 0 Å². The van der Waals surface area contributed by atoms with Crippen LogP contribution in [0.1, 0.15) is 0 Å². The van der Waals surface area contributed by atoms with Crippen molar-refractivity contribution in [2.45, 2.75) is 0 Å². The number of hydrogen-bond acceptors (Lipinski definition) is 3. The normalized spacial score (nSPS) is 8.71. The second-order valence-corrected chi connectivity index (χ2v) is 2.12. The number of rotatable bonds is 1. The molecule has 7 heavy (non-hydrogen) atoms. The molecule has 0 aliphatic carbocycles. The number of thiol groups is 1. The lowest BCUT2D eigenvalue weighted by Gasteiger charge is -1.83. The Labute approximate surface area is 51.5 Å². The quantitative estimate of drug-likeness (QED) is 0.454. The first kappa shape index (κ1) is 5.00. The predicted molar refractivity (Wildman–Crippen MR) is 33.9 cm³/mol. The van der Waals surface area contributed by atoms with Crippen molar-refractivity contribution in [3.8, 4) is 5.06 Å². The highest BCUT2D eigenvalue weighted by atomic mass is 32.1. The summed E-state index contributed by atoms with van der Waals surface area (Å²) in [6, 6.07) is 3.77. The van der Waals surface area contributed by atoms with Crippen molar-refractivity contribution in [1.29, 1.82) is 0 Å². The molecule has 0 atom stereocenters. The van der Waals surface area contributed by atoms with Gasteiger partial charge in [-0.3, -0.25) is 0 Å². The van der Waals surface area contributed by atoms with Gasteiger partial charge in [-0.2, -0.15) is 0 Å². The molecule has 1 rings (SSSR count). The Balaban J connectivity index is 2.76. The summed E-state index contributed by atoms with van der Waals surface area (Å²) in [7, 11) is 0. The van der Waals surface area contributed by atoms with Gasteiger partial charge in [0.05, 0.1) is 0 Å². The summed E-state index contributed by atoms with van der Waals surface area (Å²) < 4.78 is 4.57. The first-order chi connectivity index (χ1) is 3.43. The first-order valence-corrected chi connectivity index (χ1v) is 3.03. The molecule has 1 nitrogen and oxygen atoms in total. The number of thiophene rings is 1.